The molecule has 1 unspecified atom stereocenters. The number of anilines is 1. The van der Waals surface area contributed by atoms with Crippen LogP contribution in [0.2, 0.25) is 0 Å². The highest BCUT2D eigenvalue weighted by molar-refractivity contribution is 5.52. The summed E-state index contributed by atoms with van der Waals surface area (Å²) in [7, 11) is 2.13. The average molecular weight is 312 g/mol. The third-order valence-corrected chi connectivity index (χ3v) is 4.93. The van der Waals surface area contributed by atoms with Gasteiger partial charge in [0.05, 0.1) is 11.7 Å². The summed E-state index contributed by atoms with van der Waals surface area (Å²) in [6.07, 6.45) is 4.80. The highest BCUT2D eigenvalue weighted by atomic mass is 19.1. The van der Waals surface area contributed by atoms with E-state index in [1.165, 1.54) is 11.6 Å². The second-order valence-electron chi connectivity index (χ2n) is 6.52. The lowest BCUT2D eigenvalue weighted by molar-refractivity contribution is 0.309. The summed E-state index contributed by atoms with van der Waals surface area (Å²) in [5.41, 5.74) is 3.45. The molecule has 4 nitrogen and oxygen atoms in total. The number of benzene rings is 1. The summed E-state index contributed by atoms with van der Waals surface area (Å²) in [5, 5.41) is 0. The molecule has 0 amide bonds. The quantitative estimate of drug-likeness (QED) is 0.853. The minimum atomic E-state index is -0.168. The first-order chi connectivity index (χ1) is 11.2. The average Bonchev–Trinajstić information content (AvgIpc) is 3.03. The SMILES string of the molecule is CN1CCc2ncnc(N3CCCC3c3cccc(F)c3)c2C1. The van der Waals surface area contributed by atoms with Gasteiger partial charge in [-0.05, 0) is 37.6 Å². The van der Waals surface area contributed by atoms with Crippen molar-refractivity contribution < 1.29 is 4.39 Å². The minimum absolute atomic E-state index is 0.168. The monoisotopic (exact) mass is 312 g/mol. The van der Waals surface area contributed by atoms with Crippen molar-refractivity contribution in [2.75, 3.05) is 25.0 Å². The zero-order valence-electron chi connectivity index (χ0n) is 13.4. The molecule has 1 saturated heterocycles. The first-order valence-electron chi connectivity index (χ1n) is 8.26. The lowest BCUT2D eigenvalue weighted by atomic mass is 10.0. The molecule has 0 aliphatic carbocycles. The zero-order chi connectivity index (χ0) is 15.8. The zero-order valence-corrected chi connectivity index (χ0v) is 13.4. The van der Waals surface area contributed by atoms with Crippen LogP contribution < -0.4 is 4.90 Å². The third-order valence-electron chi connectivity index (χ3n) is 4.93. The van der Waals surface area contributed by atoms with Crippen LogP contribution in [-0.4, -0.2) is 35.0 Å². The van der Waals surface area contributed by atoms with E-state index in [0.717, 1.165) is 56.0 Å². The molecule has 0 saturated carbocycles. The van der Waals surface area contributed by atoms with Gasteiger partial charge in [-0.1, -0.05) is 12.1 Å². The van der Waals surface area contributed by atoms with Gasteiger partial charge in [-0.25, -0.2) is 14.4 Å². The molecule has 1 aromatic carbocycles. The first kappa shape index (κ1) is 14.6. The predicted molar refractivity (Wildman–Crippen MR) is 87.8 cm³/mol. The fraction of sp³-hybridized carbons (Fsp3) is 0.444. The van der Waals surface area contributed by atoms with E-state index >= 15 is 0 Å². The predicted octanol–water partition coefficient (Wildman–Crippen LogP) is 2.95. The maximum Gasteiger partial charge on any atom is 0.137 e. The molecule has 1 aromatic heterocycles. The molecule has 0 spiro atoms. The Morgan fingerprint density at radius 3 is 3.00 bits per heavy atom. The normalized spacial score (nSPS) is 21.5. The summed E-state index contributed by atoms with van der Waals surface area (Å²) in [4.78, 5) is 13.7. The second-order valence-corrected chi connectivity index (χ2v) is 6.52. The van der Waals surface area contributed by atoms with Gasteiger partial charge in [-0.2, -0.15) is 0 Å². The first-order valence-corrected chi connectivity index (χ1v) is 8.26. The van der Waals surface area contributed by atoms with E-state index in [0.29, 0.717) is 0 Å². The van der Waals surface area contributed by atoms with E-state index in [9.17, 15) is 4.39 Å². The molecule has 2 aliphatic heterocycles. The molecule has 0 radical (unpaired) electrons. The van der Waals surface area contributed by atoms with Gasteiger partial charge in [0, 0.05) is 31.6 Å². The number of hydrogen-bond acceptors (Lipinski definition) is 4. The molecular formula is C18H21FN4. The summed E-state index contributed by atoms with van der Waals surface area (Å²) in [5.74, 6) is 0.868. The van der Waals surface area contributed by atoms with E-state index < -0.39 is 0 Å². The van der Waals surface area contributed by atoms with Crippen molar-refractivity contribution in [1.82, 2.24) is 14.9 Å². The summed E-state index contributed by atoms with van der Waals surface area (Å²) in [6.45, 7) is 2.89. The highest BCUT2D eigenvalue weighted by Gasteiger charge is 2.31. The fourth-order valence-corrected chi connectivity index (χ4v) is 3.79. The van der Waals surface area contributed by atoms with E-state index in [-0.39, 0.29) is 11.9 Å². The Labute approximate surface area is 136 Å². The second kappa shape index (κ2) is 5.89. The molecule has 5 heteroatoms. The number of nitrogens with zero attached hydrogens (tertiary/aromatic N) is 4. The van der Waals surface area contributed by atoms with Gasteiger partial charge >= 0.3 is 0 Å². The number of hydrogen-bond donors (Lipinski definition) is 0. The molecule has 2 aliphatic rings. The van der Waals surface area contributed by atoms with Gasteiger partial charge in [0.1, 0.15) is 18.0 Å². The van der Waals surface area contributed by atoms with Gasteiger partial charge < -0.3 is 9.80 Å². The Kier molecular flexibility index (Phi) is 3.73. The smallest absolute Gasteiger partial charge is 0.137 e. The number of rotatable bonds is 2. The lowest BCUT2D eigenvalue weighted by Crippen LogP contribution is -2.32. The maximum atomic E-state index is 13.6. The van der Waals surface area contributed by atoms with Gasteiger partial charge in [0.2, 0.25) is 0 Å². The number of aromatic nitrogens is 2. The van der Waals surface area contributed by atoms with Crippen LogP contribution in [0.5, 0.6) is 0 Å². The van der Waals surface area contributed by atoms with Crippen molar-refractivity contribution in [2.24, 2.45) is 0 Å². The van der Waals surface area contributed by atoms with E-state index in [1.54, 1.807) is 18.5 Å². The van der Waals surface area contributed by atoms with Gasteiger partial charge in [0.15, 0.2) is 0 Å². The van der Waals surface area contributed by atoms with E-state index in [4.69, 9.17) is 0 Å². The molecule has 23 heavy (non-hydrogen) atoms. The van der Waals surface area contributed by atoms with Crippen LogP contribution in [-0.2, 0) is 13.0 Å². The molecule has 1 atom stereocenters. The van der Waals surface area contributed by atoms with Crippen molar-refractivity contribution in [3.05, 3.63) is 53.2 Å². The van der Waals surface area contributed by atoms with E-state index in [1.807, 2.05) is 6.07 Å². The van der Waals surface area contributed by atoms with Crippen molar-refractivity contribution in [1.29, 1.82) is 0 Å². The number of fused-ring (bicyclic) bond motifs is 1. The number of halogens is 1. The van der Waals surface area contributed by atoms with Gasteiger partial charge in [-0.3, -0.25) is 0 Å². The summed E-state index contributed by atoms with van der Waals surface area (Å²) in [6, 6.07) is 7.18. The summed E-state index contributed by atoms with van der Waals surface area (Å²) < 4.78 is 13.6. The standard InChI is InChI=1S/C18H21FN4/c1-22-9-7-16-15(11-22)18(21-12-20-16)23-8-3-6-17(23)13-4-2-5-14(19)10-13/h2,4-5,10,12,17H,3,6-9,11H2,1H3. The van der Waals surface area contributed by atoms with Crippen molar-refractivity contribution in [3.8, 4) is 0 Å². The molecule has 0 N–H and O–H groups in total. The van der Waals surface area contributed by atoms with Crippen LogP contribution >= 0.6 is 0 Å². The van der Waals surface area contributed by atoms with Gasteiger partial charge in [0.25, 0.3) is 0 Å². The fourth-order valence-electron chi connectivity index (χ4n) is 3.79. The molecular weight excluding hydrogens is 291 g/mol. The Balaban J connectivity index is 1.72. The van der Waals surface area contributed by atoms with Crippen LogP contribution in [0.3, 0.4) is 0 Å². The summed E-state index contributed by atoms with van der Waals surface area (Å²) >= 11 is 0. The molecule has 0 bridgehead atoms. The lowest BCUT2D eigenvalue weighted by Gasteiger charge is -2.32. The van der Waals surface area contributed by atoms with Crippen LogP contribution in [0.15, 0.2) is 30.6 Å². The Morgan fingerprint density at radius 2 is 2.13 bits per heavy atom. The molecule has 120 valence electrons. The topological polar surface area (TPSA) is 32.3 Å². The molecule has 1 fully saturated rings. The van der Waals surface area contributed by atoms with Gasteiger partial charge in [-0.15, -0.1) is 0 Å². The number of likely N-dealkylation sites (N-methyl/N-ethyl adjacent to an activating group) is 1. The molecule has 4 rings (SSSR count). The highest BCUT2D eigenvalue weighted by Crippen LogP contribution is 2.38. The third kappa shape index (κ3) is 2.70. The van der Waals surface area contributed by atoms with Crippen LogP contribution in [0.4, 0.5) is 10.2 Å². The minimum Gasteiger partial charge on any atom is -0.349 e. The van der Waals surface area contributed by atoms with Crippen molar-refractivity contribution in [2.45, 2.75) is 31.8 Å². The molecule has 3 heterocycles. The molecule has 2 aromatic rings. The Morgan fingerprint density at radius 1 is 1.22 bits per heavy atom. The van der Waals surface area contributed by atoms with Crippen molar-refractivity contribution >= 4 is 5.82 Å². The van der Waals surface area contributed by atoms with Crippen LogP contribution in [0.25, 0.3) is 0 Å². The van der Waals surface area contributed by atoms with Crippen LogP contribution in [0, 0.1) is 5.82 Å². The van der Waals surface area contributed by atoms with E-state index in [2.05, 4.69) is 26.8 Å². The largest absolute Gasteiger partial charge is 0.349 e. The van der Waals surface area contributed by atoms with Crippen molar-refractivity contribution in [3.63, 3.8) is 0 Å². The van der Waals surface area contributed by atoms with Crippen LogP contribution in [0.1, 0.15) is 35.7 Å². The maximum absolute atomic E-state index is 13.6. The Bertz CT molecular complexity index is 718. The Hall–Kier alpha value is -2.01.